The number of ether oxygens (including phenoxy) is 1. The second kappa shape index (κ2) is 6.03. The largest absolute Gasteiger partial charge is 0.507 e. The molecule has 1 heterocycles. The molecular formula is C14H14N2O3. The highest BCUT2D eigenvalue weighted by molar-refractivity contribution is 6.02. The minimum absolute atomic E-state index is 0.0170. The first-order valence-corrected chi connectivity index (χ1v) is 5.99. The second-order valence-corrected chi connectivity index (χ2v) is 4.13. The van der Waals surface area contributed by atoms with Crippen molar-refractivity contribution in [3.05, 3.63) is 35.4 Å². The molecule has 1 amide bonds. The van der Waals surface area contributed by atoms with Crippen LogP contribution in [-0.2, 0) is 9.53 Å². The maximum Gasteiger partial charge on any atom is 0.264 e. The normalized spacial score (nSPS) is 15.9. The molecule has 1 aromatic carbocycles. The lowest BCUT2D eigenvalue weighted by Crippen LogP contribution is -2.41. The monoisotopic (exact) mass is 258 g/mol. The van der Waals surface area contributed by atoms with Gasteiger partial charge in [-0.3, -0.25) is 4.79 Å². The topological polar surface area (TPSA) is 73.6 Å². The summed E-state index contributed by atoms with van der Waals surface area (Å²) < 4.78 is 5.16. The summed E-state index contributed by atoms with van der Waals surface area (Å²) in [7, 11) is 0. The standard InChI is InChI=1S/C14H14N2O3/c15-10-12(9-11-3-1-2-4-13(11)17)14(18)16-5-7-19-8-6-16/h1-4,9,17H,5-8H2/b12-9+. The smallest absolute Gasteiger partial charge is 0.264 e. The molecule has 5 nitrogen and oxygen atoms in total. The zero-order chi connectivity index (χ0) is 13.7. The fourth-order valence-electron chi connectivity index (χ4n) is 1.84. The molecule has 1 saturated heterocycles. The zero-order valence-electron chi connectivity index (χ0n) is 10.4. The molecule has 1 aliphatic heterocycles. The molecule has 5 heteroatoms. The molecule has 0 saturated carbocycles. The van der Waals surface area contributed by atoms with Crippen molar-refractivity contribution in [1.29, 1.82) is 5.26 Å². The Labute approximate surface area is 111 Å². The minimum atomic E-state index is -0.325. The van der Waals surface area contributed by atoms with Crippen LogP contribution < -0.4 is 0 Å². The van der Waals surface area contributed by atoms with Crippen molar-refractivity contribution in [2.24, 2.45) is 0 Å². The number of nitriles is 1. The van der Waals surface area contributed by atoms with Gasteiger partial charge in [0.25, 0.3) is 5.91 Å². The Kier molecular flexibility index (Phi) is 4.16. The van der Waals surface area contributed by atoms with Gasteiger partial charge in [0.2, 0.25) is 0 Å². The van der Waals surface area contributed by atoms with Crippen molar-refractivity contribution in [2.75, 3.05) is 26.3 Å². The van der Waals surface area contributed by atoms with Gasteiger partial charge in [-0.2, -0.15) is 5.26 Å². The van der Waals surface area contributed by atoms with Gasteiger partial charge in [-0.25, -0.2) is 0 Å². The Hall–Kier alpha value is -2.32. The Morgan fingerprint density at radius 2 is 2.05 bits per heavy atom. The van der Waals surface area contributed by atoms with Gasteiger partial charge in [-0.15, -0.1) is 0 Å². The molecule has 1 aromatic rings. The van der Waals surface area contributed by atoms with Crippen LogP contribution in [0.25, 0.3) is 6.08 Å². The van der Waals surface area contributed by atoms with Gasteiger partial charge in [0, 0.05) is 18.7 Å². The summed E-state index contributed by atoms with van der Waals surface area (Å²) in [5, 5.41) is 18.7. The van der Waals surface area contributed by atoms with E-state index in [4.69, 9.17) is 10.00 Å². The lowest BCUT2D eigenvalue weighted by Gasteiger charge is -2.26. The fourth-order valence-corrected chi connectivity index (χ4v) is 1.84. The second-order valence-electron chi connectivity index (χ2n) is 4.13. The molecule has 0 radical (unpaired) electrons. The molecule has 98 valence electrons. The number of phenolic OH excluding ortho intramolecular Hbond substituents is 1. The number of aromatic hydroxyl groups is 1. The Morgan fingerprint density at radius 1 is 1.37 bits per heavy atom. The number of amides is 1. The number of para-hydroxylation sites is 1. The van der Waals surface area contributed by atoms with Crippen LogP contribution in [0.2, 0.25) is 0 Å². The summed E-state index contributed by atoms with van der Waals surface area (Å²) >= 11 is 0. The van der Waals surface area contributed by atoms with Gasteiger partial charge in [-0.05, 0) is 12.1 Å². The number of phenols is 1. The molecule has 0 bridgehead atoms. The van der Waals surface area contributed by atoms with E-state index in [-0.39, 0.29) is 17.2 Å². The van der Waals surface area contributed by atoms with Crippen LogP contribution in [0.5, 0.6) is 5.75 Å². The summed E-state index contributed by atoms with van der Waals surface area (Å²) in [4.78, 5) is 13.7. The van der Waals surface area contributed by atoms with Gasteiger partial charge in [0.15, 0.2) is 0 Å². The van der Waals surface area contributed by atoms with Gasteiger partial charge >= 0.3 is 0 Å². The van der Waals surface area contributed by atoms with Crippen LogP contribution >= 0.6 is 0 Å². The van der Waals surface area contributed by atoms with E-state index in [1.165, 1.54) is 12.1 Å². The van der Waals surface area contributed by atoms with E-state index in [1.54, 1.807) is 23.1 Å². The third kappa shape index (κ3) is 3.12. The van der Waals surface area contributed by atoms with Crippen molar-refractivity contribution in [3.8, 4) is 11.8 Å². The maximum atomic E-state index is 12.1. The molecule has 1 fully saturated rings. The number of carbonyl (C=O) groups excluding carboxylic acids is 1. The highest BCUT2D eigenvalue weighted by Crippen LogP contribution is 2.19. The van der Waals surface area contributed by atoms with Crippen LogP contribution in [0, 0.1) is 11.3 Å². The summed E-state index contributed by atoms with van der Waals surface area (Å²) in [6.45, 7) is 1.94. The van der Waals surface area contributed by atoms with E-state index in [2.05, 4.69) is 0 Å². The molecule has 0 aliphatic carbocycles. The lowest BCUT2D eigenvalue weighted by atomic mass is 10.1. The predicted molar refractivity (Wildman–Crippen MR) is 69.1 cm³/mol. The molecule has 0 aromatic heterocycles. The Balaban J connectivity index is 2.22. The van der Waals surface area contributed by atoms with E-state index >= 15 is 0 Å². The van der Waals surface area contributed by atoms with Gasteiger partial charge in [0.1, 0.15) is 17.4 Å². The molecule has 0 spiro atoms. The van der Waals surface area contributed by atoms with Crippen LogP contribution in [0.1, 0.15) is 5.56 Å². The molecular weight excluding hydrogens is 244 g/mol. The van der Waals surface area contributed by atoms with Gasteiger partial charge in [0.05, 0.1) is 13.2 Å². The number of benzene rings is 1. The number of carbonyl (C=O) groups is 1. The molecule has 1 N–H and O–H groups in total. The molecule has 19 heavy (non-hydrogen) atoms. The Bertz CT molecular complexity index is 540. The van der Waals surface area contributed by atoms with E-state index in [9.17, 15) is 9.90 Å². The molecule has 0 unspecified atom stereocenters. The predicted octanol–water partition coefficient (Wildman–Crippen LogP) is 1.16. The fraction of sp³-hybridized carbons (Fsp3) is 0.286. The Morgan fingerprint density at radius 3 is 2.68 bits per heavy atom. The highest BCUT2D eigenvalue weighted by atomic mass is 16.5. The lowest BCUT2D eigenvalue weighted by molar-refractivity contribution is -0.130. The quantitative estimate of drug-likeness (QED) is 0.638. The number of nitrogens with zero attached hydrogens (tertiary/aromatic N) is 2. The number of morpholine rings is 1. The van der Waals surface area contributed by atoms with E-state index in [0.29, 0.717) is 31.9 Å². The average molecular weight is 258 g/mol. The van der Waals surface area contributed by atoms with E-state index < -0.39 is 0 Å². The van der Waals surface area contributed by atoms with Crippen molar-refractivity contribution < 1.29 is 14.6 Å². The van der Waals surface area contributed by atoms with Crippen molar-refractivity contribution in [3.63, 3.8) is 0 Å². The SMILES string of the molecule is N#C/C(=C\c1ccccc1O)C(=O)N1CCOCC1. The minimum Gasteiger partial charge on any atom is -0.507 e. The first kappa shape index (κ1) is 13.1. The van der Waals surface area contributed by atoms with Crippen molar-refractivity contribution in [2.45, 2.75) is 0 Å². The number of hydrogen-bond donors (Lipinski definition) is 1. The van der Waals surface area contributed by atoms with E-state index in [1.807, 2.05) is 6.07 Å². The molecule has 0 atom stereocenters. The van der Waals surface area contributed by atoms with Gasteiger partial charge in [-0.1, -0.05) is 18.2 Å². The van der Waals surface area contributed by atoms with Crippen LogP contribution in [0.15, 0.2) is 29.8 Å². The zero-order valence-corrected chi connectivity index (χ0v) is 10.4. The van der Waals surface area contributed by atoms with Crippen LogP contribution in [0.4, 0.5) is 0 Å². The highest BCUT2D eigenvalue weighted by Gasteiger charge is 2.20. The number of rotatable bonds is 2. The number of hydrogen-bond acceptors (Lipinski definition) is 4. The average Bonchev–Trinajstić information content (AvgIpc) is 2.47. The maximum absolute atomic E-state index is 12.1. The summed E-state index contributed by atoms with van der Waals surface area (Å²) in [5.41, 5.74) is 0.476. The summed E-state index contributed by atoms with van der Waals surface area (Å²) in [6.07, 6.45) is 1.41. The van der Waals surface area contributed by atoms with Crippen LogP contribution in [0.3, 0.4) is 0 Å². The first-order valence-electron chi connectivity index (χ1n) is 5.99. The van der Waals surface area contributed by atoms with Crippen molar-refractivity contribution >= 4 is 12.0 Å². The first-order chi connectivity index (χ1) is 9.22. The third-order valence-corrected chi connectivity index (χ3v) is 2.89. The van der Waals surface area contributed by atoms with E-state index in [0.717, 1.165) is 0 Å². The van der Waals surface area contributed by atoms with Crippen molar-refractivity contribution in [1.82, 2.24) is 4.90 Å². The molecule has 2 rings (SSSR count). The van der Waals surface area contributed by atoms with Gasteiger partial charge < -0.3 is 14.7 Å². The summed E-state index contributed by atoms with van der Waals surface area (Å²) in [6, 6.07) is 8.48. The summed E-state index contributed by atoms with van der Waals surface area (Å²) in [5.74, 6) is -0.279. The van der Waals surface area contributed by atoms with Crippen LogP contribution in [-0.4, -0.2) is 42.2 Å². The third-order valence-electron chi connectivity index (χ3n) is 2.89. The molecule has 1 aliphatic rings.